The van der Waals surface area contributed by atoms with E-state index in [0.29, 0.717) is 17.0 Å². The van der Waals surface area contributed by atoms with Crippen molar-refractivity contribution in [3.8, 4) is 33.6 Å². The van der Waals surface area contributed by atoms with Crippen molar-refractivity contribution in [1.82, 2.24) is 9.97 Å². The van der Waals surface area contributed by atoms with E-state index in [1.807, 2.05) is 54.6 Å². The summed E-state index contributed by atoms with van der Waals surface area (Å²) in [6, 6.07) is 22.6. The Hall–Kier alpha value is -3.40. The summed E-state index contributed by atoms with van der Waals surface area (Å²) < 4.78 is 28.4. The molecule has 0 radical (unpaired) electrons. The Kier molecular flexibility index (Phi) is 4.23. The zero-order valence-corrected chi connectivity index (χ0v) is 13.7. The van der Waals surface area contributed by atoms with Gasteiger partial charge in [0, 0.05) is 11.8 Å². The second-order valence-corrected chi connectivity index (χ2v) is 5.81. The summed E-state index contributed by atoms with van der Waals surface area (Å²) in [5.74, 6) is -1.94. The molecule has 2 nitrogen and oxygen atoms in total. The Morgan fingerprint density at radius 3 is 2.15 bits per heavy atom. The lowest BCUT2D eigenvalue weighted by Gasteiger charge is -2.11. The van der Waals surface area contributed by atoms with Crippen molar-refractivity contribution in [3.63, 3.8) is 0 Å². The standard InChI is InChI=1S/C22H14F2N2/c23-18-14-26-22(20(21(18)24)19-11-4-5-12-25-19)17-10-6-9-16(13-17)15-7-2-1-3-8-15/h1-14H. The molecule has 4 rings (SSSR count). The number of benzene rings is 2. The van der Waals surface area contributed by atoms with E-state index in [1.165, 1.54) is 0 Å². The molecule has 2 heterocycles. The molecule has 0 amide bonds. The van der Waals surface area contributed by atoms with E-state index in [0.717, 1.165) is 17.3 Å². The van der Waals surface area contributed by atoms with Gasteiger partial charge in [-0.25, -0.2) is 8.78 Å². The lowest BCUT2D eigenvalue weighted by molar-refractivity contribution is 0.507. The minimum atomic E-state index is -0.992. The lowest BCUT2D eigenvalue weighted by atomic mass is 9.98. The van der Waals surface area contributed by atoms with Crippen LogP contribution in [-0.2, 0) is 0 Å². The van der Waals surface area contributed by atoms with Crippen LogP contribution in [0.1, 0.15) is 0 Å². The molecule has 0 fully saturated rings. The fourth-order valence-corrected chi connectivity index (χ4v) is 2.91. The van der Waals surface area contributed by atoms with E-state index in [1.54, 1.807) is 24.4 Å². The van der Waals surface area contributed by atoms with Crippen LogP contribution in [0.25, 0.3) is 33.6 Å². The van der Waals surface area contributed by atoms with Gasteiger partial charge < -0.3 is 0 Å². The Bertz CT molecular complexity index is 1050. The molecule has 26 heavy (non-hydrogen) atoms. The number of nitrogens with zero attached hydrogens (tertiary/aromatic N) is 2. The monoisotopic (exact) mass is 344 g/mol. The molecule has 2 aromatic heterocycles. The lowest BCUT2D eigenvalue weighted by Crippen LogP contribution is -1.98. The minimum absolute atomic E-state index is 0.0656. The third kappa shape index (κ3) is 2.97. The van der Waals surface area contributed by atoms with Crippen molar-refractivity contribution in [2.45, 2.75) is 0 Å². The smallest absolute Gasteiger partial charge is 0.177 e. The van der Waals surface area contributed by atoms with Crippen LogP contribution in [0, 0.1) is 11.6 Å². The molecule has 2 aromatic carbocycles. The van der Waals surface area contributed by atoms with Crippen LogP contribution in [0.4, 0.5) is 8.78 Å². The van der Waals surface area contributed by atoms with Crippen LogP contribution in [-0.4, -0.2) is 9.97 Å². The summed E-state index contributed by atoms with van der Waals surface area (Å²) in [6.07, 6.45) is 2.45. The summed E-state index contributed by atoms with van der Waals surface area (Å²) >= 11 is 0. The highest BCUT2D eigenvalue weighted by Crippen LogP contribution is 2.34. The first-order valence-corrected chi connectivity index (χ1v) is 8.15. The van der Waals surface area contributed by atoms with Crippen molar-refractivity contribution < 1.29 is 8.78 Å². The number of aromatic nitrogens is 2. The predicted molar refractivity (Wildman–Crippen MR) is 98.3 cm³/mol. The average molecular weight is 344 g/mol. The first-order valence-electron chi connectivity index (χ1n) is 8.15. The summed E-state index contributed by atoms with van der Waals surface area (Å²) in [4.78, 5) is 8.34. The molecule has 0 unspecified atom stereocenters. The van der Waals surface area contributed by atoms with Gasteiger partial charge in [-0.3, -0.25) is 9.97 Å². The van der Waals surface area contributed by atoms with Gasteiger partial charge in [0.15, 0.2) is 11.6 Å². The van der Waals surface area contributed by atoms with Crippen molar-refractivity contribution in [3.05, 3.63) is 96.8 Å². The second kappa shape index (κ2) is 6.84. The van der Waals surface area contributed by atoms with E-state index < -0.39 is 11.6 Å². The Morgan fingerprint density at radius 2 is 1.38 bits per heavy atom. The van der Waals surface area contributed by atoms with Gasteiger partial charge in [0.05, 0.1) is 23.1 Å². The second-order valence-electron chi connectivity index (χ2n) is 5.81. The highest BCUT2D eigenvalue weighted by atomic mass is 19.2. The fourth-order valence-electron chi connectivity index (χ4n) is 2.91. The first kappa shape index (κ1) is 16.1. The topological polar surface area (TPSA) is 25.8 Å². The van der Waals surface area contributed by atoms with Crippen LogP contribution < -0.4 is 0 Å². The minimum Gasteiger partial charge on any atom is -0.256 e. The average Bonchev–Trinajstić information content (AvgIpc) is 2.71. The Labute approximate surface area is 149 Å². The molecule has 0 saturated heterocycles. The molecule has 0 aliphatic carbocycles. The predicted octanol–water partition coefficient (Wildman–Crippen LogP) is 5.76. The molecule has 0 bridgehead atoms. The highest BCUT2D eigenvalue weighted by molar-refractivity contribution is 5.81. The summed E-state index contributed by atoms with van der Waals surface area (Å²) in [7, 11) is 0. The van der Waals surface area contributed by atoms with Gasteiger partial charge in [0.1, 0.15) is 0 Å². The Balaban J connectivity index is 1.91. The molecule has 0 N–H and O–H groups in total. The van der Waals surface area contributed by atoms with E-state index in [2.05, 4.69) is 9.97 Å². The summed E-state index contributed by atoms with van der Waals surface area (Å²) in [5.41, 5.74) is 3.48. The summed E-state index contributed by atoms with van der Waals surface area (Å²) in [6.45, 7) is 0. The largest absolute Gasteiger partial charge is 0.256 e. The van der Waals surface area contributed by atoms with Gasteiger partial charge in [0.2, 0.25) is 0 Å². The third-order valence-corrected chi connectivity index (χ3v) is 4.14. The number of hydrogen-bond acceptors (Lipinski definition) is 2. The van der Waals surface area contributed by atoms with Gasteiger partial charge >= 0.3 is 0 Å². The maximum atomic E-state index is 14.6. The third-order valence-electron chi connectivity index (χ3n) is 4.14. The molecule has 0 spiro atoms. The molecule has 126 valence electrons. The van der Waals surface area contributed by atoms with Gasteiger partial charge in [-0.15, -0.1) is 0 Å². The van der Waals surface area contributed by atoms with Crippen LogP contribution in [0.15, 0.2) is 85.2 Å². The molecule has 4 heteroatoms. The van der Waals surface area contributed by atoms with Crippen LogP contribution >= 0.6 is 0 Å². The SMILES string of the molecule is Fc1cnc(-c2cccc(-c3ccccc3)c2)c(-c2ccccn2)c1F. The summed E-state index contributed by atoms with van der Waals surface area (Å²) in [5, 5.41) is 0. The van der Waals surface area contributed by atoms with Crippen molar-refractivity contribution in [2.75, 3.05) is 0 Å². The molecule has 0 atom stereocenters. The quantitative estimate of drug-likeness (QED) is 0.472. The number of pyridine rings is 2. The molecular formula is C22H14F2N2. The van der Waals surface area contributed by atoms with E-state index in [-0.39, 0.29) is 5.56 Å². The maximum Gasteiger partial charge on any atom is 0.177 e. The van der Waals surface area contributed by atoms with Gasteiger partial charge in [-0.05, 0) is 29.3 Å². The molecular weight excluding hydrogens is 330 g/mol. The maximum absolute atomic E-state index is 14.6. The van der Waals surface area contributed by atoms with Gasteiger partial charge in [-0.2, -0.15) is 0 Å². The molecule has 4 aromatic rings. The molecule has 0 aliphatic heterocycles. The Morgan fingerprint density at radius 1 is 0.654 bits per heavy atom. The zero-order chi connectivity index (χ0) is 17.9. The number of hydrogen-bond donors (Lipinski definition) is 0. The molecule has 0 saturated carbocycles. The van der Waals surface area contributed by atoms with E-state index >= 15 is 0 Å². The van der Waals surface area contributed by atoms with Crippen LogP contribution in [0.5, 0.6) is 0 Å². The zero-order valence-electron chi connectivity index (χ0n) is 13.7. The van der Waals surface area contributed by atoms with E-state index in [4.69, 9.17) is 0 Å². The van der Waals surface area contributed by atoms with Crippen molar-refractivity contribution in [2.24, 2.45) is 0 Å². The van der Waals surface area contributed by atoms with Gasteiger partial charge in [-0.1, -0.05) is 54.6 Å². The van der Waals surface area contributed by atoms with Crippen LogP contribution in [0.3, 0.4) is 0 Å². The highest BCUT2D eigenvalue weighted by Gasteiger charge is 2.19. The van der Waals surface area contributed by atoms with Crippen LogP contribution in [0.2, 0.25) is 0 Å². The number of rotatable bonds is 3. The van der Waals surface area contributed by atoms with Crippen molar-refractivity contribution >= 4 is 0 Å². The molecule has 0 aliphatic rings. The number of halogens is 2. The van der Waals surface area contributed by atoms with Gasteiger partial charge in [0.25, 0.3) is 0 Å². The van der Waals surface area contributed by atoms with Crippen molar-refractivity contribution in [1.29, 1.82) is 0 Å². The fraction of sp³-hybridized carbons (Fsp3) is 0. The normalized spacial score (nSPS) is 10.7. The van der Waals surface area contributed by atoms with E-state index in [9.17, 15) is 8.78 Å². The first-order chi connectivity index (χ1) is 12.7.